The third kappa shape index (κ3) is 39.7. The SMILES string of the molecule is CCCCCCCCCCCCCCCCCCCC(=O)OC(COC(=O)CCCCCCCCCCCCCCCC)COP(=O)(O)O. The molecule has 0 aromatic heterocycles. The lowest BCUT2D eigenvalue weighted by molar-refractivity contribution is -0.161. The van der Waals surface area contributed by atoms with Gasteiger partial charge in [-0.05, 0) is 12.8 Å². The van der Waals surface area contributed by atoms with Crippen LogP contribution in [0.5, 0.6) is 0 Å². The Balaban J connectivity index is 3.86. The monoisotopic (exact) mass is 719 g/mol. The number of carbonyl (C=O) groups is 2. The molecule has 0 aliphatic rings. The second-order valence-electron chi connectivity index (χ2n) is 14.3. The molecular formula is C40H79O8P. The molecule has 0 heterocycles. The van der Waals surface area contributed by atoms with Crippen LogP contribution in [-0.4, -0.2) is 41.0 Å². The van der Waals surface area contributed by atoms with Gasteiger partial charge in [0.2, 0.25) is 0 Å². The van der Waals surface area contributed by atoms with Crippen molar-refractivity contribution in [2.75, 3.05) is 13.2 Å². The van der Waals surface area contributed by atoms with E-state index in [1.54, 1.807) is 0 Å². The molecule has 9 heteroatoms. The molecule has 0 spiro atoms. The van der Waals surface area contributed by atoms with Crippen LogP contribution in [0.2, 0.25) is 0 Å². The first-order valence-corrected chi connectivity index (χ1v) is 22.4. The van der Waals surface area contributed by atoms with Crippen molar-refractivity contribution in [3.05, 3.63) is 0 Å². The molecule has 1 unspecified atom stereocenters. The van der Waals surface area contributed by atoms with Crippen molar-refractivity contribution in [1.29, 1.82) is 0 Å². The third-order valence-corrected chi connectivity index (χ3v) is 9.86. The van der Waals surface area contributed by atoms with E-state index in [9.17, 15) is 14.2 Å². The van der Waals surface area contributed by atoms with Crippen molar-refractivity contribution in [2.45, 2.75) is 232 Å². The average molecular weight is 719 g/mol. The van der Waals surface area contributed by atoms with E-state index in [-0.39, 0.29) is 19.4 Å². The van der Waals surface area contributed by atoms with Gasteiger partial charge in [-0.2, -0.15) is 0 Å². The molecule has 8 nitrogen and oxygen atoms in total. The number of phosphoric ester groups is 1. The largest absolute Gasteiger partial charge is 0.469 e. The first kappa shape index (κ1) is 48.0. The van der Waals surface area contributed by atoms with Crippen LogP contribution in [0.1, 0.15) is 226 Å². The molecule has 2 N–H and O–H groups in total. The zero-order chi connectivity index (χ0) is 36.1. The zero-order valence-electron chi connectivity index (χ0n) is 32.1. The second-order valence-corrected chi connectivity index (χ2v) is 15.6. The summed E-state index contributed by atoms with van der Waals surface area (Å²) >= 11 is 0. The summed E-state index contributed by atoms with van der Waals surface area (Å²) in [4.78, 5) is 42.8. The van der Waals surface area contributed by atoms with Crippen molar-refractivity contribution in [3.8, 4) is 0 Å². The van der Waals surface area contributed by atoms with Crippen LogP contribution in [0.3, 0.4) is 0 Å². The number of ether oxygens (including phenoxy) is 2. The number of unbranched alkanes of at least 4 members (excludes halogenated alkanes) is 29. The highest BCUT2D eigenvalue weighted by Crippen LogP contribution is 2.36. The Kier molecular flexibility index (Phi) is 36.1. The number of rotatable bonds is 39. The van der Waals surface area contributed by atoms with Gasteiger partial charge in [0.05, 0.1) is 6.61 Å². The number of phosphoric acid groups is 1. The third-order valence-electron chi connectivity index (χ3n) is 9.38. The molecular weight excluding hydrogens is 639 g/mol. The van der Waals surface area contributed by atoms with Crippen molar-refractivity contribution in [3.63, 3.8) is 0 Å². The van der Waals surface area contributed by atoms with Gasteiger partial charge in [-0.3, -0.25) is 14.1 Å². The Morgan fingerprint density at radius 1 is 0.449 bits per heavy atom. The van der Waals surface area contributed by atoms with Gasteiger partial charge in [-0.25, -0.2) is 4.57 Å². The van der Waals surface area contributed by atoms with E-state index in [4.69, 9.17) is 19.3 Å². The van der Waals surface area contributed by atoms with Crippen LogP contribution in [0.25, 0.3) is 0 Å². The van der Waals surface area contributed by atoms with E-state index in [2.05, 4.69) is 18.4 Å². The van der Waals surface area contributed by atoms with Crippen molar-refractivity contribution in [1.82, 2.24) is 0 Å². The van der Waals surface area contributed by atoms with Crippen molar-refractivity contribution in [2.24, 2.45) is 0 Å². The van der Waals surface area contributed by atoms with Crippen LogP contribution in [0.4, 0.5) is 0 Å². The Hall–Kier alpha value is -0.950. The predicted molar refractivity (Wildman–Crippen MR) is 203 cm³/mol. The van der Waals surface area contributed by atoms with Crippen LogP contribution >= 0.6 is 7.82 Å². The molecule has 0 amide bonds. The van der Waals surface area contributed by atoms with Gasteiger partial charge in [0.1, 0.15) is 6.61 Å². The molecule has 0 radical (unpaired) electrons. The summed E-state index contributed by atoms with van der Waals surface area (Å²) < 4.78 is 26.4. The lowest BCUT2D eigenvalue weighted by atomic mass is 10.0. The molecule has 1 atom stereocenters. The summed E-state index contributed by atoms with van der Waals surface area (Å²) in [6.45, 7) is 3.71. The fraction of sp³-hybridized carbons (Fsp3) is 0.950. The van der Waals surface area contributed by atoms with E-state index >= 15 is 0 Å². The summed E-state index contributed by atoms with van der Waals surface area (Å²) in [6.07, 6.45) is 38.2. The summed E-state index contributed by atoms with van der Waals surface area (Å²) in [5, 5.41) is 0. The van der Waals surface area contributed by atoms with E-state index in [0.29, 0.717) is 6.42 Å². The highest BCUT2D eigenvalue weighted by Gasteiger charge is 2.22. The summed E-state index contributed by atoms with van der Waals surface area (Å²) in [5.74, 6) is -0.868. The van der Waals surface area contributed by atoms with Gasteiger partial charge in [0.15, 0.2) is 6.10 Å². The highest BCUT2D eigenvalue weighted by molar-refractivity contribution is 7.46. The maximum atomic E-state index is 12.4. The molecule has 0 bridgehead atoms. The maximum absolute atomic E-state index is 12.4. The lowest BCUT2D eigenvalue weighted by Gasteiger charge is -2.18. The second kappa shape index (κ2) is 36.8. The fourth-order valence-corrected chi connectivity index (χ4v) is 6.62. The normalized spacial score (nSPS) is 12.3. The predicted octanol–water partition coefficient (Wildman–Crippen LogP) is 12.5. The Morgan fingerprint density at radius 3 is 1.04 bits per heavy atom. The van der Waals surface area contributed by atoms with Crippen LogP contribution in [0.15, 0.2) is 0 Å². The molecule has 0 saturated carbocycles. The minimum atomic E-state index is -4.74. The van der Waals surface area contributed by atoms with Gasteiger partial charge < -0.3 is 19.3 Å². The molecule has 0 saturated heterocycles. The minimum Gasteiger partial charge on any atom is -0.462 e. The summed E-state index contributed by atoms with van der Waals surface area (Å²) in [7, 11) is -4.74. The molecule has 292 valence electrons. The van der Waals surface area contributed by atoms with Gasteiger partial charge >= 0.3 is 19.8 Å². The minimum absolute atomic E-state index is 0.220. The lowest BCUT2D eigenvalue weighted by Crippen LogP contribution is -2.29. The van der Waals surface area contributed by atoms with E-state index in [1.807, 2.05) is 0 Å². The Labute approximate surface area is 302 Å². The molecule has 0 aromatic rings. The summed E-state index contributed by atoms with van der Waals surface area (Å²) in [5.41, 5.74) is 0. The molecule has 0 aromatic carbocycles. The quantitative estimate of drug-likeness (QED) is 0.0366. The molecule has 0 fully saturated rings. The van der Waals surface area contributed by atoms with Crippen LogP contribution in [-0.2, 0) is 28.2 Å². The van der Waals surface area contributed by atoms with Gasteiger partial charge in [0, 0.05) is 12.8 Å². The summed E-state index contributed by atoms with van der Waals surface area (Å²) in [6, 6.07) is 0. The molecule has 49 heavy (non-hydrogen) atoms. The number of hydrogen-bond acceptors (Lipinski definition) is 6. The molecule has 0 aliphatic carbocycles. The standard InChI is InChI=1S/C40H79O8P/c1-3-5-7-9-11-13-15-17-19-20-21-23-25-27-29-31-33-35-40(42)48-38(37-47-49(43,44)45)36-46-39(41)34-32-30-28-26-24-22-18-16-14-12-10-8-6-4-2/h38H,3-37H2,1-2H3,(H2,43,44,45). The number of carbonyl (C=O) groups excluding carboxylic acids is 2. The van der Waals surface area contributed by atoms with Crippen LogP contribution < -0.4 is 0 Å². The number of hydrogen-bond donors (Lipinski definition) is 2. The Morgan fingerprint density at radius 2 is 0.735 bits per heavy atom. The van der Waals surface area contributed by atoms with Gasteiger partial charge in [-0.15, -0.1) is 0 Å². The highest BCUT2D eigenvalue weighted by atomic mass is 31.2. The van der Waals surface area contributed by atoms with Gasteiger partial charge in [0.25, 0.3) is 0 Å². The smallest absolute Gasteiger partial charge is 0.462 e. The van der Waals surface area contributed by atoms with Crippen LogP contribution in [0, 0.1) is 0 Å². The number of esters is 2. The fourth-order valence-electron chi connectivity index (χ4n) is 6.26. The Bertz CT molecular complexity index is 771. The van der Waals surface area contributed by atoms with Crippen molar-refractivity contribution < 1.29 is 37.9 Å². The van der Waals surface area contributed by atoms with Crippen molar-refractivity contribution >= 4 is 19.8 Å². The first-order chi connectivity index (χ1) is 23.8. The maximum Gasteiger partial charge on any atom is 0.469 e. The van der Waals surface area contributed by atoms with Gasteiger partial charge in [-0.1, -0.05) is 200 Å². The van der Waals surface area contributed by atoms with E-state index in [1.165, 1.54) is 161 Å². The molecule has 0 aliphatic heterocycles. The van der Waals surface area contributed by atoms with E-state index < -0.39 is 32.5 Å². The zero-order valence-corrected chi connectivity index (χ0v) is 33.0. The average Bonchev–Trinajstić information content (AvgIpc) is 3.07. The van der Waals surface area contributed by atoms with E-state index in [0.717, 1.165) is 32.1 Å². The topological polar surface area (TPSA) is 119 Å². The molecule has 0 rings (SSSR count). The first-order valence-electron chi connectivity index (χ1n) is 20.8.